The van der Waals surface area contributed by atoms with Crippen LogP contribution in [0.1, 0.15) is 31.4 Å². The lowest BCUT2D eigenvalue weighted by Crippen LogP contribution is -2.05. The molecule has 0 radical (unpaired) electrons. The number of aryl methyl sites for hydroxylation is 1. The largest absolute Gasteiger partial charge is 0.490 e. The number of fused-ring (bicyclic) bond motifs is 1. The number of carbonyl (C=O) groups is 1. The molecule has 15 heavy (non-hydrogen) atoms. The Labute approximate surface area is 90.3 Å². The lowest BCUT2D eigenvalue weighted by Gasteiger charge is -2.03. The minimum atomic E-state index is 0.250. The normalized spacial score (nSPS) is 18.4. The molecule has 0 saturated carbocycles. The van der Waals surface area contributed by atoms with Gasteiger partial charge in [0.1, 0.15) is 17.6 Å². The lowest BCUT2D eigenvalue weighted by molar-refractivity contribution is -0.116. The Kier molecular flexibility index (Phi) is 2.76. The molecule has 2 rings (SSSR count). The molecular formula is C13H16O2. The van der Waals surface area contributed by atoms with Crippen LogP contribution >= 0.6 is 0 Å². The van der Waals surface area contributed by atoms with E-state index >= 15 is 0 Å². The third-order valence-electron chi connectivity index (χ3n) is 2.73. The van der Waals surface area contributed by atoms with Crippen LogP contribution in [0, 0.1) is 0 Å². The quantitative estimate of drug-likeness (QED) is 0.756. The van der Waals surface area contributed by atoms with Crippen molar-refractivity contribution in [2.75, 3.05) is 0 Å². The number of ketones is 1. The smallest absolute Gasteiger partial charge is 0.130 e. The highest BCUT2D eigenvalue weighted by atomic mass is 16.5. The van der Waals surface area contributed by atoms with E-state index in [1.54, 1.807) is 6.92 Å². The van der Waals surface area contributed by atoms with Crippen molar-refractivity contribution in [2.45, 2.75) is 39.2 Å². The fourth-order valence-corrected chi connectivity index (χ4v) is 1.95. The molecule has 1 atom stereocenters. The third-order valence-corrected chi connectivity index (χ3v) is 2.73. The third kappa shape index (κ3) is 2.38. The maximum Gasteiger partial charge on any atom is 0.130 e. The van der Waals surface area contributed by atoms with Gasteiger partial charge in [-0.3, -0.25) is 0 Å². The summed E-state index contributed by atoms with van der Waals surface area (Å²) in [5.41, 5.74) is 2.52. The molecular weight excluding hydrogens is 188 g/mol. The summed E-state index contributed by atoms with van der Waals surface area (Å²) < 4.78 is 5.62. The van der Waals surface area contributed by atoms with E-state index in [0.29, 0.717) is 12.5 Å². The van der Waals surface area contributed by atoms with Gasteiger partial charge < -0.3 is 9.53 Å². The van der Waals surface area contributed by atoms with E-state index in [4.69, 9.17) is 4.74 Å². The maximum atomic E-state index is 10.9. The van der Waals surface area contributed by atoms with Crippen LogP contribution in [0.2, 0.25) is 0 Å². The van der Waals surface area contributed by atoms with E-state index in [-0.39, 0.29) is 5.78 Å². The summed E-state index contributed by atoms with van der Waals surface area (Å²) in [4.78, 5) is 10.9. The zero-order valence-corrected chi connectivity index (χ0v) is 9.25. The number of Topliss-reactive ketones (excluding diaryl/α,β-unsaturated/α-hetero) is 1. The number of carbonyl (C=O) groups excluding carboxylic acids is 1. The summed E-state index contributed by atoms with van der Waals surface area (Å²) in [5.74, 6) is 1.26. The van der Waals surface area contributed by atoms with E-state index in [9.17, 15) is 4.79 Å². The maximum absolute atomic E-state index is 10.9. The van der Waals surface area contributed by atoms with Gasteiger partial charge in [0, 0.05) is 12.8 Å². The van der Waals surface area contributed by atoms with Crippen LogP contribution < -0.4 is 4.74 Å². The van der Waals surface area contributed by atoms with Crippen molar-refractivity contribution in [3.05, 3.63) is 29.3 Å². The van der Waals surface area contributed by atoms with E-state index in [2.05, 4.69) is 19.1 Å². The molecule has 80 valence electrons. The van der Waals surface area contributed by atoms with Crippen LogP contribution in [-0.4, -0.2) is 11.9 Å². The van der Waals surface area contributed by atoms with Gasteiger partial charge in [0.25, 0.3) is 0 Å². The monoisotopic (exact) mass is 204 g/mol. The van der Waals surface area contributed by atoms with Crippen LogP contribution in [0.15, 0.2) is 18.2 Å². The predicted octanol–water partition coefficient (Wildman–Crippen LogP) is 2.53. The van der Waals surface area contributed by atoms with Crippen molar-refractivity contribution in [2.24, 2.45) is 0 Å². The fourth-order valence-electron chi connectivity index (χ4n) is 1.95. The van der Waals surface area contributed by atoms with E-state index < -0.39 is 0 Å². The molecule has 1 heterocycles. The molecule has 0 saturated heterocycles. The molecule has 2 nitrogen and oxygen atoms in total. The van der Waals surface area contributed by atoms with Crippen molar-refractivity contribution in [1.29, 1.82) is 0 Å². The summed E-state index contributed by atoms with van der Waals surface area (Å²) in [5, 5.41) is 0. The first kappa shape index (κ1) is 10.2. The van der Waals surface area contributed by atoms with Crippen molar-refractivity contribution in [3.8, 4) is 5.75 Å². The van der Waals surface area contributed by atoms with Gasteiger partial charge in [0.05, 0.1) is 0 Å². The summed E-state index contributed by atoms with van der Waals surface area (Å²) in [7, 11) is 0. The highest BCUT2D eigenvalue weighted by Crippen LogP contribution is 2.29. The fraction of sp³-hybridized carbons (Fsp3) is 0.462. The second kappa shape index (κ2) is 4.05. The van der Waals surface area contributed by atoms with Crippen molar-refractivity contribution in [1.82, 2.24) is 0 Å². The van der Waals surface area contributed by atoms with E-state index in [0.717, 1.165) is 18.6 Å². The number of rotatable bonds is 3. The van der Waals surface area contributed by atoms with Crippen molar-refractivity contribution < 1.29 is 9.53 Å². The minimum absolute atomic E-state index is 0.250. The molecule has 0 aromatic heterocycles. The average Bonchev–Trinajstić information content (AvgIpc) is 2.53. The summed E-state index contributed by atoms with van der Waals surface area (Å²) in [6, 6.07) is 6.25. The average molecular weight is 204 g/mol. The Morgan fingerprint density at radius 1 is 1.53 bits per heavy atom. The Morgan fingerprint density at radius 3 is 3.07 bits per heavy atom. The zero-order chi connectivity index (χ0) is 10.8. The molecule has 1 aromatic rings. The summed E-state index contributed by atoms with van der Waals surface area (Å²) >= 11 is 0. The molecule has 1 aliphatic rings. The summed E-state index contributed by atoms with van der Waals surface area (Å²) in [6.45, 7) is 3.72. The Morgan fingerprint density at radius 2 is 2.33 bits per heavy atom. The molecule has 1 unspecified atom stereocenters. The number of benzene rings is 1. The molecule has 1 aromatic carbocycles. The lowest BCUT2D eigenvalue weighted by atomic mass is 10.0. The van der Waals surface area contributed by atoms with Crippen LogP contribution in [-0.2, 0) is 17.6 Å². The topological polar surface area (TPSA) is 26.3 Å². The Bertz CT molecular complexity index is 382. The van der Waals surface area contributed by atoms with E-state index in [1.807, 2.05) is 6.07 Å². The van der Waals surface area contributed by atoms with Crippen LogP contribution in [0.4, 0.5) is 0 Å². The van der Waals surface area contributed by atoms with Gasteiger partial charge in [-0.15, -0.1) is 0 Å². The van der Waals surface area contributed by atoms with Gasteiger partial charge in [-0.1, -0.05) is 12.1 Å². The number of ether oxygens (including phenoxy) is 1. The van der Waals surface area contributed by atoms with Crippen molar-refractivity contribution in [3.63, 3.8) is 0 Å². The van der Waals surface area contributed by atoms with Gasteiger partial charge in [-0.05, 0) is 37.5 Å². The number of hydrogen-bond acceptors (Lipinski definition) is 2. The summed E-state index contributed by atoms with van der Waals surface area (Å²) in [6.07, 6.45) is 2.76. The molecule has 0 N–H and O–H groups in total. The number of hydrogen-bond donors (Lipinski definition) is 0. The molecule has 1 aliphatic heterocycles. The standard InChI is InChI=1S/C13H16O2/c1-9(14)3-4-11-5-6-13-12(8-11)7-10(2)15-13/h5-6,8,10H,3-4,7H2,1-2H3. The SMILES string of the molecule is CC(=O)CCc1ccc2c(c1)CC(C)O2. The molecule has 2 heteroatoms. The van der Waals surface area contributed by atoms with Gasteiger partial charge in [-0.25, -0.2) is 0 Å². The van der Waals surface area contributed by atoms with Gasteiger partial charge in [0.2, 0.25) is 0 Å². The first-order valence-electron chi connectivity index (χ1n) is 5.43. The van der Waals surface area contributed by atoms with Crippen LogP contribution in [0.5, 0.6) is 5.75 Å². The highest BCUT2D eigenvalue weighted by molar-refractivity contribution is 5.75. The van der Waals surface area contributed by atoms with Gasteiger partial charge in [0.15, 0.2) is 0 Å². The van der Waals surface area contributed by atoms with Crippen LogP contribution in [0.25, 0.3) is 0 Å². The Balaban J connectivity index is 2.09. The van der Waals surface area contributed by atoms with E-state index in [1.165, 1.54) is 11.1 Å². The second-order valence-electron chi connectivity index (χ2n) is 4.28. The van der Waals surface area contributed by atoms with Gasteiger partial charge in [-0.2, -0.15) is 0 Å². The molecule has 0 amide bonds. The van der Waals surface area contributed by atoms with Crippen molar-refractivity contribution >= 4 is 5.78 Å². The van der Waals surface area contributed by atoms with Crippen LogP contribution in [0.3, 0.4) is 0 Å². The second-order valence-corrected chi connectivity index (χ2v) is 4.28. The Hall–Kier alpha value is -1.31. The first-order valence-corrected chi connectivity index (χ1v) is 5.43. The molecule has 0 bridgehead atoms. The molecule has 0 fully saturated rings. The minimum Gasteiger partial charge on any atom is -0.490 e. The zero-order valence-electron chi connectivity index (χ0n) is 9.25. The predicted molar refractivity (Wildman–Crippen MR) is 59.2 cm³/mol. The van der Waals surface area contributed by atoms with Gasteiger partial charge >= 0.3 is 0 Å². The molecule has 0 spiro atoms. The molecule has 0 aliphatic carbocycles. The highest BCUT2D eigenvalue weighted by Gasteiger charge is 2.18. The first-order chi connectivity index (χ1) is 7.15.